The fourth-order valence-corrected chi connectivity index (χ4v) is 1.07. The molecule has 0 N–H and O–H groups in total. The minimum atomic E-state index is -0.324. The Kier molecular flexibility index (Phi) is 1.81. The summed E-state index contributed by atoms with van der Waals surface area (Å²) in [5.41, 5.74) is 1.15. The predicted molar refractivity (Wildman–Crippen MR) is 46.0 cm³/mol. The zero-order valence-electron chi connectivity index (χ0n) is 6.99. The van der Waals surface area contributed by atoms with Crippen molar-refractivity contribution >= 4 is 11.0 Å². The number of nitrogens with zero attached hydrogens (tertiary/aromatic N) is 2. The van der Waals surface area contributed by atoms with Gasteiger partial charge in [-0.25, -0.2) is 14.4 Å². The van der Waals surface area contributed by atoms with Gasteiger partial charge in [0, 0.05) is 6.07 Å². The first-order valence-electron chi connectivity index (χ1n) is 3.76. The van der Waals surface area contributed by atoms with Gasteiger partial charge in [0.1, 0.15) is 5.82 Å². The van der Waals surface area contributed by atoms with Gasteiger partial charge in [-0.15, -0.1) is 0 Å². The number of hydrogen-bond donors (Lipinski definition) is 0. The Hall–Kier alpha value is -1.71. The molecule has 0 radical (unpaired) electrons. The molecule has 0 amide bonds. The van der Waals surface area contributed by atoms with Crippen LogP contribution in [-0.2, 0) is 0 Å². The van der Waals surface area contributed by atoms with E-state index in [-0.39, 0.29) is 5.82 Å². The van der Waals surface area contributed by atoms with Crippen molar-refractivity contribution in [3.05, 3.63) is 30.2 Å². The van der Waals surface area contributed by atoms with Gasteiger partial charge in [0.25, 0.3) is 0 Å². The van der Waals surface area contributed by atoms with Crippen LogP contribution < -0.4 is 4.74 Å². The molecule has 0 saturated carbocycles. The summed E-state index contributed by atoms with van der Waals surface area (Å²) < 4.78 is 17.6. The first-order valence-corrected chi connectivity index (χ1v) is 3.76. The molecular formula is C9H7FN2O. The van der Waals surface area contributed by atoms with E-state index in [1.807, 2.05) is 0 Å². The molecule has 0 unspecified atom stereocenters. The first kappa shape index (κ1) is 7.91. The van der Waals surface area contributed by atoms with Crippen LogP contribution in [0.5, 0.6) is 5.88 Å². The third-order valence-corrected chi connectivity index (χ3v) is 1.69. The highest BCUT2D eigenvalue weighted by molar-refractivity contribution is 5.74. The van der Waals surface area contributed by atoms with E-state index in [1.165, 1.54) is 25.4 Å². The molecule has 2 rings (SSSR count). The number of rotatable bonds is 1. The first-order chi connectivity index (χ1) is 6.29. The molecule has 0 atom stereocenters. The molecule has 0 saturated heterocycles. The molecule has 0 bridgehead atoms. The molecule has 0 aliphatic rings. The lowest BCUT2D eigenvalue weighted by Gasteiger charge is -1.99. The van der Waals surface area contributed by atoms with Crippen molar-refractivity contribution in [1.29, 1.82) is 0 Å². The van der Waals surface area contributed by atoms with Crippen LogP contribution in [0.2, 0.25) is 0 Å². The van der Waals surface area contributed by atoms with Gasteiger partial charge in [0.2, 0.25) is 5.88 Å². The highest BCUT2D eigenvalue weighted by Gasteiger charge is 2.00. The van der Waals surface area contributed by atoms with Crippen LogP contribution in [0.4, 0.5) is 4.39 Å². The van der Waals surface area contributed by atoms with Crippen LogP contribution in [0.15, 0.2) is 24.4 Å². The molecule has 0 spiro atoms. The lowest BCUT2D eigenvalue weighted by atomic mass is 10.3. The van der Waals surface area contributed by atoms with Gasteiger partial charge < -0.3 is 4.74 Å². The number of methoxy groups -OCH3 is 1. The summed E-state index contributed by atoms with van der Waals surface area (Å²) in [6.45, 7) is 0. The van der Waals surface area contributed by atoms with Crippen LogP contribution >= 0.6 is 0 Å². The second kappa shape index (κ2) is 2.97. The molecule has 0 fully saturated rings. The van der Waals surface area contributed by atoms with E-state index in [0.717, 1.165) is 0 Å². The van der Waals surface area contributed by atoms with E-state index in [2.05, 4.69) is 9.97 Å². The van der Waals surface area contributed by atoms with Crippen molar-refractivity contribution in [2.75, 3.05) is 7.11 Å². The van der Waals surface area contributed by atoms with Crippen molar-refractivity contribution in [2.24, 2.45) is 0 Å². The van der Waals surface area contributed by atoms with E-state index in [9.17, 15) is 4.39 Å². The standard InChI is InChI=1S/C9H7FN2O/c1-13-9-5-11-7-3-2-6(10)4-8(7)12-9/h2-5H,1H3. The lowest BCUT2D eigenvalue weighted by Crippen LogP contribution is -1.90. The number of halogens is 1. The molecule has 0 aliphatic heterocycles. The minimum absolute atomic E-state index is 0.324. The second-order valence-corrected chi connectivity index (χ2v) is 2.55. The van der Waals surface area contributed by atoms with E-state index in [4.69, 9.17) is 4.74 Å². The van der Waals surface area contributed by atoms with Crippen LogP contribution in [-0.4, -0.2) is 17.1 Å². The highest BCUT2D eigenvalue weighted by atomic mass is 19.1. The maximum atomic E-state index is 12.8. The van der Waals surface area contributed by atoms with Crippen molar-refractivity contribution in [3.8, 4) is 5.88 Å². The number of aromatic nitrogens is 2. The summed E-state index contributed by atoms with van der Waals surface area (Å²) >= 11 is 0. The number of fused-ring (bicyclic) bond motifs is 1. The Balaban J connectivity index is 2.68. The molecule has 66 valence electrons. The Morgan fingerprint density at radius 3 is 2.92 bits per heavy atom. The number of benzene rings is 1. The van der Waals surface area contributed by atoms with E-state index >= 15 is 0 Å². The summed E-state index contributed by atoms with van der Waals surface area (Å²) in [4.78, 5) is 8.07. The zero-order valence-corrected chi connectivity index (χ0v) is 6.99. The summed E-state index contributed by atoms with van der Waals surface area (Å²) in [6, 6.07) is 4.26. The largest absolute Gasteiger partial charge is 0.480 e. The monoisotopic (exact) mass is 178 g/mol. The van der Waals surface area contributed by atoms with E-state index in [1.54, 1.807) is 6.07 Å². The molecule has 2 aromatic rings. The zero-order chi connectivity index (χ0) is 9.26. The average Bonchev–Trinajstić information content (AvgIpc) is 2.16. The number of hydrogen-bond acceptors (Lipinski definition) is 3. The third-order valence-electron chi connectivity index (χ3n) is 1.69. The molecule has 0 aliphatic carbocycles. The lowest BCUT2D eigenvalue weighted by molar-refractivity contribution is 0.397. The Labute approximate surface area is 74.2 Å². The fraction of sp³-hybridized carbons (Fsp3) is 0.111. The van der Waals surface area contributed by atoms with Gasteiger partial charge in [-0.3, -0.25) is 0 Å². The summed E-state index contributed by atoms with van der Waals surface area (Å²) in [5.74, 6) is 0.0631. The van der Waals surface area contributed by atoms with Gasteiger partial charge >= 0.3 is 0 Å². The molecular weight excluding hydrogens is 171 g/mol. The van der Waals surface area contributed by atoms with Crippen LogP contribution in [0.25, 0.3) is 11.0 Å². The van der Waals surface area contributed by atoms with E-state index in [0.29, 0.717) is 16.9 Å². The maximum absolute atomic E-state index is 12.8. The number of ether oxygens (including phenoxy) is 1. The smallest absolute Gasteiger partial charge is 0.232 e. The van der Waals surface area contributed by atoms with E-state index < -0.39 is 0 Å². The third kappa shape index (κ3) is 1.42. The second-order valence-electron chi connectivity index (χ2n) is 2.55. The van der Waals surface area contributed by atoms with Crippen molar-refractivity contribution in [2.45, 2.75) is 0 Å². The van der Waals surface area contributed by atoms with Gasteiger partial charge in [0.15, 0.2) is 0 Å². The van der Waals surface area contributed by atoms with Crippen LogP contribution in [0.1, 0.15) is 0 Å². The minimum Gasteiger partial charge on any atom is -0.480 e. The SMILES string of the molecule is COc1cnc2ccc(F)cc2n1. The predicted octanol–water partition coefficient (Wildman–Crippen LogP) is 1.78. The van der Waals surface area contributed by atoms with Gasteiger partial charge in [0.05, 0.1) is 24.3 Å². The van der Waals surface area contributed by atoms with Gasteiger partial charge in [-0.1, -0.05) is 0 Å². The van der Waals surface area contributed by atoms with Crippen molar-refractivity contribution in [1.82, 2.24) is 9.97 Å². The summed E-state index contributed by atoms with van der Waals surface area (Å²) in [7, 11) is 1.50. The Morgan fingerprint density at radius 1 is 1.31 bits per heavy atom. The molecule has 3 nitrogen and oxygen atoms in total. The fourth-order valence-electron chi connectivity index (χ4n) is 1.07. The van der Waals surface area contributed by atoms with Gasteiger partial charge in [-0.2, -0.15) is 0 Å². The molecule has 13 heavy (non-hydrogen) atoms. The maximum Gasteiger partial charge on any atom is 0.232 e. The molecule has 1 heterocycles. The summed E-state index contributed by atoms with van der Waals surface area (Å²) in [5, 5.41) is 0. The van der Waals surface area contributed by atoms with Crippen LogP contribution in [0.3, 0.4) is 0 Å². The Bertz CT molecular complexity index is 445. The average molecular weight is 178 g/mol. The molecule has 4 heteroatoms. The molecule has 1 aromatic heterocycles. The Morgan fingerprint density at radius 2 is 2.15 bits per heavy atom. The van der Waals surface area contributed by atoms with Gasteiger partial charge in [-0.05, 0) is 12.1 Å². The molecule has 1 aromatic carbocycles. The van der Waals surface area contributed by atoms with Crippen LogP contribution in [0, 0.1) is 5.82 Å². The topological polar surface area (TPSA) is 35.0 Å². The normalized spacial score (nSPS) is 10.3. The highest BCUT2D eigenvalue weighted by Crippen LogP contribution is 2.13. The quantitative estimate of drug-likeness (QED) is 0.667. The summed E-state index contributed by atoms with van der Waals surface area (Å²) in [6.07, 6.45) is 1.50. The van der Waals surface area contributed by atoms with Crippen molar-refractivity contribution in [3.63, 3.8) is 0 Å². The van der Waals surface area contributed by atoms with Crippen molar-refractivity contribution < 1.29 is 9.13 Å².